The molecular formula is C51H60F3NO7. The molecule has 0 amide bonds. The van der Waals surface area contributed by atoms with Crippen LogP contribution in [0.1, 0.15) is 130 Å². The normalized spacial score (nSPS) is 10.7. The molecular weight excluding hydrogens is 796 g/mol. The van der Waals surface area contributed by atoms with Crippen molar-refractivity contribution < 1.29 is 46.7 Å². The summed E-state index contributed by atoms with van der Waals surface area (Å²) in [5.74, 6) is -1.65. The maximum atomic E-state index is 12.2. The van der Waals surface area contributed by atoms with E-state index in [1.165, 1.54) is 0 Å². The summed E-state index contributed by atoms with van der Waals surface area (Å²) in [6.45, 7) is 3.26. The van der Waals surface area contributed by atoms with Gasteiger partial charge < -0.3 is 5.73 Å². The van der Waals surface area contributed by atoms with Gasteiger partial charge in [0.1, 0.15) is 17.3 Å². The number of nitrogens with two attached hydrogens (primary N) is 1. The number of hydrogen-bond acceptors (Lipinski definition) is 8. The van der Waals surface area contributed by atoms with Gasteiger partial charge in [-0.15, -0.1) is 0 Å². The van der Waals surface area contributed by atoms with Gasteiger partial charge >= 0.3 is 6.18 Å². The van der Waals surface area contributed by atoms with Gasteiger partial charge in [-0.1, -0.05) is 136 Å². The minimum absolute atomic E-state index is 0.0253. The van der Waals surface area contributed by atoms with Crippen LogP contribution in [0.4, 0.5) is 18.9 Å². The van der Waals surface area contributed by atoms with Crippen molar-refractivity contribution in [1.82, 2.24) is 0 Å². The van der Waals surface area contributed by atoms with Crippen LogP contribution in [-0.4, -0.2) is 46.7 Å². The molecule has 0 saturated carbocycles. The van der Waals surface area contributed by atoms with Crippen molar-refractivity contribution in [2.45, 2.75) is 129 Å². The molecule has 0 aliphatic carbocycles. The van der Waals surface area contributed by atoms with Crippen LogP contribution < -0.4 is 5.73 Å². The van der Waals surface area contributed by atoms with E-state index < -0.39 is 18.4 Å². The predicted octanol–water partition coefficient (Wildman–Crippen LogP) is 10.8. The van der Waals surface area contributed by atoms with Crippen LogP contribution in [-0.2, 0) is 54.5 Å². The van der Waals surface area contributed by atoms with Crippen molar-refractivity contribution in [2.24, 2.45) is 0 Å². The average molecular weight is 856 g/mol. The number of unbranched alkanes of at least 4 members (excludes halogenated alkanes) is 6. The Morgan fingerprint density at radius 2 is 0.919 bits per heavy atom. The number of para-hydroxylation sites is 1. The van der Waals surface area contributed by atoms with Crippen molar-refractivity contribution >= 4 is 46.2 Å². The quantitative estimate of drug-likeness (QED) is 0.0300. The van der Waals surface area contributed by atoms with E-state index in [0.717, 1.165) is 47.9 Å². The molecule has 0 bridgehead atoms. The second-order valence-electron chi connectivity index (χ2n) is 15.2. The number of carbonyl (C=O) groups excluding carboxylic acids is 7. The van der Waals surface area contributed by atoms with Crippen LogP contribution in [0.25, 0.3) is 0 Å². The minimum atomic E-state index is -4.72. The predicted molar refractivity (Wildman–Crippen MR) is 237 cm³/mol. The highest BCUT2D eigenvalue weighted by atomic mass is 19.4. The van der Waals surface area contributed by atoms with Crippen LogP contribution in [0.5, 0.6) is 0 Å². The first-order chi connectivity index (χ1) is 29.6. The summed E-state index contributed by atoms with van der Waals surface area (Å²) in [5, 5.41) is 0. The van der Waals surface area contributed by atoms with E-state index in [1.54, 1.807) is 32.0 Å². The third-order valence-electron chi connectivity index (χ3n) is 9.79. The number of carbonyl (C=O) groups is 7. The molecule has 0 aromatic heterocycles. The standard InChI is InChI=1S/C18H24O3.C17H17NO2.C16H19F3O2/c1-2-17(20)18(21)13-9-4-3-8-12-16(19)14-15-10-6-5-7-11-15;1-12(19)10-13-6-8-14(9-7-13)17(20)11-15-4-2-3-5-16(15)18;17-16(18,19)15(21)11-7-2-1-6-10-14(20)12-13-8-4-3-5-9-13/h5-7,10-11H,2-4,8-9,12-14H2,1H3;2-9H,10-11,18H2,1H3;3-5,8-9H,1-2,6-7,10-12H2. The number of ketones is 7. The number of Topliss-reactive ketones (excluding diaryl/α,β-unsaturated/α-hetero) is 7. The van der Waals surface area contributed by atoms with Crippen LogP contribution in [0.2, 0.25) is 0 Å². The van der Waals surface area contributed by atoms with Gasteiger partial charge in [0, 0.05) is 69.0 Å². The summed E-state index contributed by atoms with van der Waals surface area (Å²) in [6, 6.07) is 33.7. The highest BCUT2D eigenvalue weighted by Gasteiger charge is 2.37. The van der Waals surface area contributed by atoms with Crippen molar-refractivity contribution in [3.63, 3.8) is 0 Å². The Morgan fingerprint density at radius 1 is 0.484 bits per heavy atom. The molecule has 332 valence electrons. The van der Waals surface area contributed by atoms with Gasteiger partial charge in [-0.05, 0) is 60.9 Å². The van der Waals surface area contributed by atoms with E-state index in [0.29, 0.717) is 81.9 Å². The summed E-state index contributed by atoms with van der Waals surface area (Å²) < 4.78 is 35.8. The van der Waals surface area contributed by atoms with E-state index in [1.807, 2.05) is 91.0 Å². The third kappa shape index (κ3) is 23.2. The first kappa shape index (κ1) is 52.3. The van der Waals surface area contributed by atoms with Gasteiger partial charge in [-0.2, -0.15) is 13.2 Å². The zero-order valence-corrected chi connectivity index (χ0v) is 36.0. The van der Waals surface area contributed by atoms with Gasteiger partial charge in [0.2, 0.25) is 5.78 Å². The van der Waals surface area contributed by atoms with E-state index in [4.69, 9.17) is 5.73 Å². The monoisotopic (exact) mass is 855 g/mol. The molecule has 62 heavy (non-hydrogen) atoms. The lowest BCUT2D eigenvalue weighted by Crippen LogP contribution is -2.22. The van der Waals surface area contributed by atoms with Crippen molar-refractivity contribution in [2.75, 3.05) is 5.73 Å². The fourth-order valence-corrected chi connectivity index (χ4v) is 6.29. The summed E-state index contributed by atoms with van der Waals surface area (Å²) in [7, 11) is 0. The van der Waals surface area contributed by atoms with Gasteiger partial charge in [0.15, 0.2) is 17.3 Å². The molecule has 0 aliphatic rings. The summed E-state index contributed by atoms with van der Waals surface area (Å²) in [4.78, 5) is 79.7. The maximum absolute atomic E-state index is 12.2. The highest BCUT2D eigenvalue weighted by Crippen LogP contribution is 2.20. The molecule has 11 heteroatoms. The molecule has 2 N–H and O–H groups in total. The zero-order chi connectivity index (χ0) is 45.8. The summed E-state index contributed by atoms with van der Waals surface area (Å²) in [6.07, 6.45) is 3.65. The van der Waals surface area contributed by atoms with Gasteiger partial charge in [-0.25, -0.2) is 0 Å². The fraction of sp³-hybridized carbons (Fsp3) is 0.392. The number of hydrogen-bond donors (Lipinski definition) is 1. The smallest absolute Gasteiger partial charge is 0.398 e. The second-order valence-corrected chi connectivity index (χ2v) is 15.2. The largest absolute Gasteiger partial charge is 0.449 e. The second kappa shape index (κ2) is 29.4. The van der Waals surface area contributed by atoms with Crippen LogP contribution in [0.3, 0.4) is 0 Å². The van der Waals surface area contributed by atoms with Crippen LogP contribution in [0.15, 0.2) is 109 Å². The zero-order valence-electron chi connectivity index (χ0n) is 36.0. The van der Waals surface area contributed by atoms with Crippen molar-refractivity contribution in [3.05, 3.63) is 137 Å². The SMILES string of the molecule is CC(=O)Cc1ccc(C(=O)Cc2ccccc2N)cc1.CCC(=O)C(=O)CCCCCCC(=O)Cc1ccccc1.O=C(CCCCCCC(=O)C(F)(F)F)Cc1ccccc1. The molecule has 8 nitrogen and oxygen atoms in total. The molecule has 0 aliphatic heterocycles. The number of nitrogen functional groups attached to an aromatic ring is 1. The molecule has 0 unspecified atom stereocenters. The number of alkyl halides is 3. The van der Waals surface area contributed by atoms with E-state index in [-0.39, 0.29) is 41.1 Å². The van der Waals surface area contributed by atoms with E-state index in [2.05, 4.69) is 0 Å². The Bertz CT molecular complexity index is 2010. The maximum Gasteiger partial charge on any atom is 0.449 e. The number of benzene rings is 4. The molecule has 0 saturated heterocycles. The molecule has 0 fully saturated rings. The average Bonchev–Trinajstić information content (AvgIpc) is 3.24. The van der Waals surface area contributed by atoms with Gasteiger partial charge in [0.25, 0.3) is 0 Å². The topological polar surface area (TPSA) is 146 Å². The number of halogens is 3. The first-order valence-corrected chi connectivity index (χ1v) is 21.3. The van der Waals surface area contributed by atoms with Crippen LogP contribution >= 0.6 is 0 Å². The summed E-state index contributed by atoms with van der Waals surface area (Å²) in [5.41, 5.74) is 10.9. The first-order valence-electron chi connectivity index (χ1n) is 21.3. The Balaban J connectivity index is 0.000000320. The van der Waals surface area contributed by atoms with Gasteiger partial charge in [0.05, 0.1) is 0 Å². The Kier molecular flexibility index (Phi) is 24.8. The Morgan fingerprint density at radius 3 is 1.37 bits per heavy atom. The molecule has 4 aromatic carbocycles. The third-order valence-corrected chi connectivity index (χ3v) is 9.79. The van der Waals surface area contributed by atoms with Gasteiger partial charge in [-0.3, -0.25) is 33.6 Å². The molecule has 4 rings (SSSR count). The highest BCUT2D eigenvalue weighted by molar-refractivity contribution is 6.37. The summed E-state index contributed by atoms with van der Waals surface area (Å²) >= 11 is 0. The van der Waals surface area contributed by atoms with Crippen LogP contribution in [0, 0.1) is 0 Å². The lowest BCUT2D eigenvalue weighted by molar-refractivity contribution is -0.171. The fourth-order valence-electron chi connectivity index (χ4n) is 6.29. The Labute approximate surface area is 363 Å². The molecule has 0 radical (unpaired) electrons. The molecule has 0 spiro atoms. The minimum Gasteiger partial charge on any atom is -0.398 e. The number of anilines is 1. The molecule has 0 heterocycles. The van der Waals surface area contributed by atoms with Crippen molar-refractivity contribution in [1.29, 1.82) is 0 Å². The number of rotatable bonds is 25. The van der Waals surface area contributed by atoms with E-state index in [9.17, 15) is 46.7 Å². The lowest BCUT2D eigenvalue weighted by Gasteiger charge is -2.05. The molecule has 4 aromatic rings. The lowest BCUT2D eigenvalue weighted by atomic mass is 10.00. The molecule has 0 atom stereocenters. The van der Waals surface area contributed by atoms with Crippen molar-refractivity contribution in [3.8, 4) is 0 Å². The Hall–Kier alpha value is -5.84. The van der Waals surface area contributed by atoms with E-state index >= 15 is 0 Å².